The van der Waals surface area contributed by atoms with E-state index in [4.69, 9.17) is 9.68 Å². The molecule has 0 aliphatic carbocycles. The largest absolute Gasteiger partial charge is 0.462 e. The maximum atomic E-state index is 8.97. The van der Waals surface area contributed by atoms with Crippen LogP contribution in [0.25, 0.3) is 10.8 Å². The Morgan fingerprint density at radius 3 is 2.80 bits per heavy atom. The Morgan fingerprint density at radius 2 is 2.33 bits per heavy atom. The van der Waals surface area contributed by atoms with Crippen LogP contribution in [0, 0.1) is 11.3 Å². The molecule has 0 fully saturated rings. The Hall–Kier alpha value is -1.60. The van der Waals surface area contributed by atoms with Gasteiger partial charge in [-0.25, -0.2) is 4.98 Å². The Labute approximate surface area is 92.0 Å². The average molecular weight is 218 g/mol. The zero-order chi connectivity index (χ0) is 10.8. The van der Waals surface area contributed by atoms with Crippen LogP contribution in [0.1, 0.15) is 30.3 Å². The summed E-state index contributed by atoms with van der Waals surface area (Å²) in [5.74, 6) is 0.989. The van der Waals surface area contributed by atoms with Gasteiger partial charge in [0.15, 0.2) is 10.8 Å². The first-order chi connectivity index (χ1) is 7.22. The minimum Gasteiger partial charge on any atom is -0.462 e. The lowest BCUT2D eigenvalue weighted by atomic mass is 10.1. The quantitative estimate of drug-likeness (QED) is 0.776. The van der Waals surface area contributed by atoms with Crippen LogP contribution >= 0.6 is 11.3 Å². The molecule has 0 bridgehead atoms. The fourth-order valence-electron chi connectivity index (χ4n) is 1.31. The topological polar surface area (TPSA) is 49.8 Å². The van der Waals surface area contributed by atoms with Crippen LogP contribution in [-0.4, -0.2) is 4.98 Å². The summed E-state index contributed by atoms with van der Waals surface area (Å²) in [7, 11) is 0. The Morgan fingerprint density at radius 1 is 1.53 bits per heavy atom. The van der Waals surface area contributed by atoms with E-state index < -0.39 is 0 Å². The van der Waals surface area contributed by atoms with Gasteiger partial charge >= 0.3 is 0 Å². The molecule has 0 radical (unpaired) electrons. The van der Waals surface area contributed by atoms with E-state index in [0.29, 0.717) is 4.88 Å². The summed E-state index contributed by atoms with van der Waals surface area (Å²) in [6.45, 7) is 4.06. The molecule has 0 aliphatic heterocycles. The van der Waals surface area contributed by atoms with Crippen molar-refractivity contribution >= 4 is 11.3 Å². The third-order valence-electron chi connectivity index (χ3n) is 2.03. The average Bonchev–Trinajstić information content (AvgIpc) is 2.86. The van der Waals surface area contributed by atoms with E-state index >= 15 is 0 Å². The second-order valence-corrected chi connectivity index (χ2v) is 4.48. The van der Waals surface area contributed by atoms with Gasteiger partial charge < -0.3 is 4.42 Å². The second-order valence-electron chi connectivity index (χ2n) is 3.48. The smallest absolute Gasteiger partial charge is 0.162 e. The van der Waals surface area contributed by atoms with E-state index in [1.807, 2.05) is 26.0 Å². The summed E-state index contributed by atoms with van der Waals surface area (Å²) in [5, 5.41) is 9.75. The molecule has 0 aliphatic rings. The van der Waals surface area contributed by atoms with Gasteiger partial charge in [-0.05, 0) is 18.1 Å². The van der Waals surface area contributed by atoms with Crippen LogP contribution in [-0.2, 0) is 0 Å². The van der Waals surface area contributed by atoms with Crippen molar-refractivity contribution in [3.05, 3.63) is 29.0 Å². The zero-order valence-corrected chi connectivity index (χ0v) is 9.34. The van der Waals surface area contributed by atoms with Crippen LogP contribution in [0.15, 0.2) is 22.8 Å². The van der Waals surface area contributed by atoms with Gasteiger partial charge in [0.2, 0.25) is 0 Å². The number of hydrogen-bond donors (Lipinski definition) is 0. The van der Waals surface area contributed by atoms with Gasteiger partial charge in [-0.1, -0.05) is 25.2 Å². The number of furan rings is 1. The predicted octanol–water partition coefficient (Wildman–Crippen LogP) is 3.40. The number of nitriles is 1. The van der Waals surface area contributed by atoms with E-state index in [-0.39, 0.29) is 5.92 Å². The Bertz CT molecular complexity index is 491. The van der Waals surface area contributed by atoms with Crippen LogP contribution in [0.4, 0.5) is 0 Å². The summed E-state index contributed by atoms with van der Waals surface area (Å²) in [5.41, 5.74) is 0.855. The molecule has 2 aromatic rings. The van der Waals surface area contributed by atoms with E-state index in [1.165, 1.54) is 11.3 Å². The first kappa shape index (κ1) is 9.94. The van der Waals surface area contributed by atoms with Crippen molar-refractivity contribution in [3.8, 4) is 16.8 Å². The molecule has 0 spiro atoms. The van der Waals surface area contributed by atoms with Gasteiger partial charge in [-0.2, -0.15) is 5.26 Å². The first-order valence-electron chi connectivity index (χ1n) is 4.67. The van der Waals surface area contributed by atoms with Gasteiger partial charge in [0.1, 0.15) is 10.9 Å². The molecule has 0 saturated heterocycles. The third-order valence-corrected chi connectivity index (χ3v) is 3.02. The molecular weight excluding hydrogens is 208 g/mol. The molecule has 2 aromatic heterocycles. The van der Waals surface area contributed by atoms with Crippen molar-refractivity contribution in [2.24, 2.45) is 0 Å². The van der Waals surface area contributed by atoms with Crippen LogP contribution in [0.5, 0.6) is 0 Å². The van der Waals surface area contributed by atoms with Gasteiger partial charge in [0.05, 0.1) is 12.0 Å². The molecule has 0 saturated carbocycles. The molecule has 0 N–H and O–H groups in total. The SMILES string of the molecule is CC(C)c1nc(-c2ccco2)sc1C#N. The molecule has 4 heteroatoms. The molecule has 2 rings (SSSR count). The van der Waals surface area contributed by atoms with E-state index in [0.717, 1.165) is 16.5 Å². The molecule has 15 heavy (non-hydrogen) atoms. The predicted molar refractivity (Wildman–Crippen MR) is 58.6 cm³/mol. The van der Waals surface area contributed by atoms with Crippen molar-refractivity contribution in [2.75, 3.05) is 0 Å². The maximum Gasteiger partial charge on any atom is 0.162 e. The fourth-order valence-corrected chi connectivity index (χ4v) is 2.29. The lowest BCUT2D eigenvalue weighted by molar-refractivity contribution is 0.581. The molecule has 0 amide bonds. The van der Waals surface area contributed by atoms with Crippen molar-refractivity contribution in [3.63, 3.8) is 0 Å². The van der Waals surface area contributed by atoms with E-state index in [1.54, 1.807) is 6.26 Å². The highest BCUT2D eigenvalue weighted by Gasteiger charge is 2.15. The standard InChI is InChI=1S/C11H10N2OS/c1-7(2)10-9(6-12)15-11(13-10)8-4-3-5-14-8/h3-5,7H,1-2H3. The number of nitrogens with zero attached hydrogens (tertiary/aromatic N) is 2. The summed E-state index contributed by atoms with van der Waals surface area (Å²) in [6, 6.07) is 5.84. The van der Waals surface area contributed by atoms with Gasteiger partial charge in [0.25, 0.3) is 0 Å². The highest BCUT2D eigenvalue weighted by molar-refractivity contribution is 7.15. The lowest BCUT2D eigenvalue weighted by Gasteiger charge is -1.97. The summed E-state index contributed by atoms with van der Waals surface area (Å²) < 4.78 is 5.25. The molecular formula is C11H10N2OS. The minimum atomic E-state index is 0.264. The van der Waals surface area contributed by atoms with Gasteiger partial charge in [-0.3, -0.25) is 0 Å². The fraction of sp³-hybridized carbons (Fsp3) is 0.273. The van der Waals surface area contributed by atoms with Crippen molar-refractivity contribution in [2.45, 2.75) is 19.8 Å². The van der Waals surface area contributed by atoms with Crippen molar-refractivity contribution in [1.82, 2.24) is 4.98 Å². The van der Waals surface area contributed by atoms with Crippen LogP contribution < -0.4 is 0 Å². The zero-order valence-electron chi connectivity index (χ0n) is 8.52. The number of thiazole rings is 1. The molecule has 3 nitrogen and oxygen atoms in total. The van der Waals surface area contributed by atoms with E-state index in [9.17, 15) is 0 Å². The lowest BCUT2D eigenvalue weighted by Crippen LogP contribution is -1.90. The summed E-state index contributed by atoms with van der Waals surface area (Å²) in [6.07, 6.45) is 1.61. The van der Waals surface area contributed by atoms with E-state index in [2.05, 4.69) is 11.1 Å². The monoisotopic (exact) mass is 218 g/mol. The maximum absolute atomic E-state index is 8.97. The Kier molecular flexibility index (Phi) is 2.57. The molecule has 2 heterocycles. The highest BCUT2D eigenvalue weighted by atomic mass is 32.1. The number of hydrogen-bond acceptors (Lipinski definition) is 4. The second kappa shape index (κ2) is 3.87. The van der Waals surface area contributed by atoms with Gasteiger partial charge in [-0.15, -0.1) is 0 Å². The Balaban J connectivity index is 2.49. The highest BCUT2D eigenvalue weighted by Crippen LogP contribution is 2.31. The van der Waals surface area contributed by atoms with Crippen molar-refractivity contribution in [1.29, 1.82) is 5.26 Å². The number of rotatable bonds is 2. The van der Waals surface area contributed by atoms with Crippen LogP contribution in [0.3, 0.4) is 0 Å². The summed E-state index contributed by atoms with van der Waals surface area (Å²) in [4.78, 5) is 5.10. The summed E-state index contributed by atoms with van der Waals surface area (Å²) >= 11 is 1.38. The normalized spacial score (nSPS) is 10.5. The third kappa shape index (κ3) is 1.79. The first-order valence-corrected chi connectivity index (χ1v) is 5.48. The minimum absolute atomic E-state index is 0.264. The molecule has 76 valence electrons. The van der Waals surface area contributed by atoms with Gasteiger partial charge in [0, 0.05) is 0 Å². The van der Waals surface area contributed by atoms with Crippen LogP contribution in [0.2, 0.25) is 0 Å². The molecule has 0 unspecified atom stereocenters. The van der Waals surface area contributed by atoms with Crippen molar-refractivity contribution < 1.29 is 4.42 Å². The molecule has 0 atom stereocenters. The number of aromatic nitrogens is 1. The molecule has 0 aromatic carbocycles.